The molecular formula is C20H28FN3O5S. The Bertz CT molecular complexity index is 841. The van der Waals surface area contributed by atoms with Gasteiger partial charge in [0.2, 0.25) is 10.0 Å². The second-order valence-corrected chi connectivity index (χ2v) is 9.50. The monoisotopic (exact) mass is 441 g/mol. The van der Waals surface area contributed by atoms with Crippen molar-refractivity contribution >= 4 is 21.8 Å². The molecule has 2 atom stereocenters. The number of carbonyl (C=O) groups is 2. The van der Waals surface area contributed by atoms with Crippen LogP contribution < -0.4 is 10.6 Å². The third-order valence-corrected chi connectivity index (χ3v) is 7.44. The summed E-state index contributed by atoms with van der Waals surface area (Å²) in [5.74, 6) is -1.95. The van der Waals surface area contributed by atoms with Crippen molar-refractivity contribution in [2.24, 2.45) is 0 Å². The first-order chi connectivity index (χ1) is 14.4. The SMILES string of the molecule is O=C(NCC[C@@H]1CCCCN1S(=O)(=O)c1ccc(F)cc1)C(=O)NC[C@@H]1CCCO1. The summed E-state index contributed by atoms with van der Waals surface area (Å²) >= 11 is 0. The van der Waals surface area contributed by atoms with Crippen LogP contribution in [0.2, 0.25) is 0 Å². The lowest BCUT2D eigenvalue weighted by atomic mass is 10.0. The molecule has 0 saturated carbocycles. The Morgan fingerprint density at radius 2 is 1.80 bits per heavy atom. The highest BCUT2D eigenvalue weighted by molar-refractivity contribution is 7.89. The third kappa shape index (κ3) is 5.77. The van der Waals surface area contributed by atoms with Gasteiger partial charge in [-0.3, -0.25) is 9.59 Å². The van der Waals surface area contributed by atoms with Gasteiger partial charge in [0, 0.05) is 32.3 Å². The van der Waals surface area contributed by atoms with Crippen molar-refractivity contribution in [2.75, 3.05) is 26.2 Å². The van der Waals surface area contributed by atoms with Crippen LogP contribution in [-0.2, 0) is 24.3 Å². The topological polar surface area (TPSA) is 105 Å². The number of piperidine rings is 1. The predicted octanol–water partition coefficient (Wildman–Crippen LogP) is 1.17. The minimum Gasteiger partial charge on any atom is -0.376 e. The molecule has 2 aliphatic heterocycles. The van der Waals surface area contributed by atoms with Gasteiger partial charge in [0.15, 0.2) is 0 Å². The molecule has 0 aliphatic carbocycles. The number of hydrogen-bond donors (Lipinski definition) is 2. The molecule has 8 nitrogen and oxygen atoms in total. The standard InChI is InChI=1S/C20H28FN3O5S/c21-15-6-8-18(9-7-15)30(27,28)24-12-2-1-4-16(24)10-11-22-19(25)20(26)23-14-17-5-3-13-29-17/h6-9,16-17H,1-5,10-14H2,(H,22,25)(H,23,26)/t16-,17-/m0/s1. The maximum Gasteiger partial charge on any atom is 0.309 e. The van der Waals surface area contributed by atoms with Gasteiger partial charge in [-0.1, -0.05) is 6.42 Å². The van der Waals surface area contributed by atoms with E-state index in [1.165, 1.54) is 16.4 Å². The summed E-state index contributed by atoms with van der Waals surface area (Å²) in [5, 5.41) is 5.12. The molecule has 30 heavy (non-hydrogen) atoms. The molecule has 2 fully saturated rings. The highest BCUT2D eigenvalue weighted by atomic mass is 32.2. The highest BCUT2D eigenvalue weighted by Gasteiger charge is 2.33. The minimum absolute atomic E-state index is 0.0470. The second kappa shape index (κ2) is 10.3. The summed E-state index contributed by atoms with van der Waals surface area (Å²) < 4.78 is 45.9. The van der Waals surface area contributed by atoms with Gasteiger partial charge in [-0.2, -0.15) is 4.31 Å². The molecule has 2 heterocycles. The van der Waals surface area contributed by atoms with Crippen LogP contribution in [-0.4, -0.2) is 62.9 Å². The fourth-order valence-electron chi connectivity index (χ4n) is 3.85. The molecule has 2 N–H and O–H groups in total. The van der Waals surface area contributed by atoms with Crippen LogP contribution in [0.25, 0.3) is 0 Å². The van der Waals surface area contributed by atoms with Crippen LogP contribution in [0, 0.1) is 5.82 Å². The fraction of sp³-hybridized carbons (Fsp3) is 0.600. The Morgan fingerprint density at radius 3 is 2.50 bits per heavy atom. The summed E-state index contributed by atoms with van der Waals surface area (Å²) in [7, 11) is -3.75. The number of sulfonamides is 1. The summed E-state index contributed by atoms with van der Waals surface area (Å²) in [6, 6.07) is 4.49. The van der Waals surface area contributed by atoms with E-state index >= 15 is 0 Å². The average Bonchev–Trinajstić information content (AvgIpc) is 3.26. The molecule has 1 aromatic rings. The van der Waals surface area contributed by atoms with Crippen LogP contribution >= 0.6 is 0 Å². The second-order valence-electron chi connectivity index (χ2n) is 7.61. The van der Waals surface area contributed by atoms with E-state index in [0.29, 0.717) is 32.5 Å². The van der Waals surface area contributed by atoms with Crippen molar-refractivity contribution in [1.82, 2.24) is 14.9 Å². The number of benzene rings is 1. The molecule has 2 aliphatic rings. The maximum atomic E-state index is 13.2. The molecule has 2 amide bonds. The minimum atomic E-state index is -3.75. The lowest BCUT2D eigenvalue weighted by molar-refractivity contribution is -0.139. The number of nitrogens with zero attached hydrogens (tertiary/aromatic N) is 1. The Kier molecular flexibility index (Phi) is 7.79. The molecule has 10 heteroatoms. The van der Waals surface area contributed by atoms with Crippen LogP contribution in [0.5, 0.6) is 0 Å². The van der Waals surface area contributed by atoms with Crippen LogP contribution in [0.1, 0.15) is 38.5 Å². The quantitative estimate of drug-likeness (QED) is 0.618. The molecule has 2 saturated heterocycles. The lowest BCUT2D eigenvalue weighted by Gasteiger charge is -2.34. The van der Waals surface area contributed by atoms with Gasteiger partial charge in [0.05, 0.1) is 11.0 Å². The van der Waals surface area contributed by atoms with Gasteiger partial charge in [-0.15, -0.1) is 0 Å². The van der Waals surface area contributed by atoms with E-state index in [1.807, 2.05) is 0 Å². The molecule has 0 bridgehead atoms. The van der Waals surface area contributed by atoms with Crippen molar-refractivity contribution in [3.05, 3.63) is 30.1 Å². The number of hydrogen-bond acceptors (Lipinski definition) is 5. The summed E-state index contributed by atoms with van der Waals surface area (Å²) in [6.07, 6.45) is 4.46. The van der Waals surface area contributed by atoms with E-state index in [9.17, 15) is 22.4 Å². The molecule has 0 spiro atoms. The third-order valence-electron chi connectivity index (χ3n) is 5.48. The van der Waals surface area contributed by atoms with E-state index in [2.05, 4.69) is 10.6 Å². The highest BCUT2D eigenvalue weighted by Crippen LogP contribution is 2.27. The van der Waals surface area contributed by atoms with Gasteiger partial charge >= 0.3 is 11.8 Å². The van der Waals surface area contributed by atoms with Crippen molar-refractivity contribution in [3.63, 3.8) is 0 Å². The fourth-order valence-corrected chi connectivity index (χ4v) is 5.57. The average molecular weight is 442 g/mol. The van der Waals surface area contributed by atoms with Gasteiger partial charge in [-0.05, 0) is 56.4 Å². The zero-order valence-electron chi connectivity index (χ0n) is 16.8. The van der Waals surface area contributed by atoms with Crippen molar-refractivity contribution in [1.29, 1.82) is 0 Å². The first-order valence-corrected chi connectivity index (χ1v) is 11.8. The smallest absolute Gasteiger partial charge is 0.309 e. The number of amides is 2. The van der Waals surface area contributed by atoms with Gasteiger partial charge < -0.3 is 15.4 Å². The number of ether oxygens (including phenoxy) is 1. The van der Waals surface area contributed by atoms with E-state index in [0.717, 1.165) is 37.8 Å². The first kappa shape index (κ1) is 22.6. The van der Waals surface area contributed by atoms with Gasteiger partial charge in [0.1, 0.15) is 5.82 Å². The van der Waals surface area contributed by atoms with Gasteiger partial charge in [0.25, 0.3) is 0 Å². The summed E-state index contributed by atoms with van der Waals surface area (Å²) in [5.41, 5.74) is 0. The Labute approximate surface area is 176 Å². The molecular weight excluding hydrogens is 413 g/mol. The van der Waals surface area contributed by atoms with Crippen LogP contribution in [0.4, 0.5) is 4.39 Å². The summed E-state index contributed by atoms with van der Waals surface area (Å²) in [6.45, 7) is 1.54. The zero-order valence-corrected chi connectivity index (χ0v) is 17.6. The molecule has 166 valence electrons. The number of carbonyl (C=O) groups excluding carboxylic acids is 2. The van der Waals surface area contributed by atoms with Crippen molar-refractivity contribution in [2.45, 2.75) is 55.6 Å². The Hall–Kier alpha value is -2.04. The molecule has 1 aromatic carbocycles. The van der Waals surface area contributed by atoms with E-state index < -0.39 is 27.7 Å². The van der Waals surface area contributed by atoms with Gasteiger partial charge in [-0.25, -0.2) is 12.8 Å². The maximum absolute atomic E-state index is 13.2. The summed E-state index contributed by atoms with van der Waals surface area (Å²) in [4.78, 5) is 23.9. The molecule has 0 unspecified atom stereocenters. The normalized spacial score (nSPS) is 22.6. The largest absolute Gasteiger partial charge is 0.376 e. The molecule has 0 radical (unpaired) electrons. The van der Waals surface area contributed by atoms with Crippen molar-refractivity contribution in [3.8, 4) is 0 Å². The number of nitrogens with one attached hydrogen (secondary N) is 2. The van der Waals surface area contributed by atoms with Crippen LogP contribution in [0.3, 0.4) is 0 Å². The molecule has 0 aromatic heterocycles. The van der Waals surface area contributed by atoms with Crippen molar-refractivity contribution < 1.29 is 27.1 Å². The Balaban J connectivity index is 1.51. The number of rotatable bonds is 7. The van der Waals surface area contributed by atoms with Crippen LogP contribution in [0.15, 0.2) is 29.2 Å². The van der Waals surface area contributed by atoms with E-state index in [1.54, 1.807) is 0 Å². The van der Waals surface area contributed by atoms with E-state index in [4.69, 9.17) is 4.74 Å². The predicted molar refractivity (Wildman–Crippen MR) is 108 cm³/mol. The zero-order chi connectivity index (χ0) is 21.6. The Morgan fingerprint density at radius 1 is 1.07 bits per heavy atom. The van der Waals surface area contributed by atoms with E-state index in [-0.39, 0.29) is 23.6 Å². The lowest BCUT2D eigenvalue weighted by Crippen LogP contribution is -2.47. The first-order valence-electron chi connectivity index (χ1n) is 10.3. The number of halogens is 1. The molecule has 3 rings (SSSR count).